The van der Waals surface area contributed by atoms with Gasteiger partial charge >= 0.3 is 6.61 Å². The summed E-state index contributed by atoms with van der Waals surface area (Å²) in [6.45, 7) is -0.677. The third-order valence-electron chi connectivity index (χ3n) is 1.67. The molecule has 1 rings (SSSR count). The van der Waals surface area contributed by atoms with Gasteiger partial charge < -0.3 is 4.74 Å². The van der Waals surface area contributed by atoms with Gasteiger partial charge in [0.05, 0.1) is 5.56 Å². The molecular formula is C9H4F6O. The van der Waals surface area contributed by atoms with E-state index in [0.717, 1.165) is 0 Å². The van der Waals surface area contributed by atoms with Crippen molar-refractivity contribution in [3.63, 3.8) is 0 Å². The Kier molecular flexibility index (Phi) is 3.46. The van der Waals surface area contributed by atoms with Crippen molar-refractivity contribution in [3.05, 3.63) is 35.4 Å². The Balaban J connectivity index is 3.47. The van der Waals surface area contributed by atoms with Crippen molar-refractivity contribution in [2.45, 2.75) is 6.61 Å². The number of rotatable bonds is 3. The first kappa shape index (κ1) is 12.4. The van der Waals surface area contributed by atoms with E-state index in [2.05, 4.69) is 11.3 Å². The number of hydrogen-bond donors (Lipinski definition) is 0. The zero-order chi connectivity index (χ0) is 12.5. The maximum absolute atomic E-state index is 13.0. The fraction of sp³-hybridized carbons (Fsp3) is 0.111. The summed E-state index contributed by atoms with van der Waals surface area (Å²) in [7, 11) is 0. The van der Waals surface area contributed by atoms with Crippen molar-refractivity contribution < 1.29 is 31.1 Å². The van der Waals surface area contributed by atoms with Gasteiger partial charge in [-0.3, -0.25) is 0 Å². The molecule has 0 bridgehead atoms. The average Bonchev–Trinajstić information content (AvgIpc) is 2.22. The lowest BCUT2D eigenvalue weighted by Gasteiger charge is -2.10. The first-order valence-electron chi connectivity index (χ1n) is 3.83. The predicted octanol–water partition coefficient (Wildman–Crippen LogP) is 3.49. The molecule has 1 aromatic rings. The molecule has 0 N–H and O–H groups in total. The lowest BCUT2D eigenvalue weighted by molar-refractivity contribution is -0.0554. The van der Waals surface area contributed by atoms with Gasteiger partial charge in [0, 0.05) is 0 Å². The third-order valence-corrected chi connectivity index (χ3v) is 1.67. The van der Waals surface area contributed by atoms with Gasteiger partial charge in [-0.25, -0.2) is 8.78 Å². The van der Waals surface area contributed by atoms with Crippen LogP contribution >= 0.6 is 0 Å². The molecular weight excluding hydrogens is 238 g/mol. The third kappa shape index (κ3) is 1.98. The summed E-state index contributed by atoms with van der Waals surface area (Å²) in [6, 6.07) is 0. The molecule has 0 saturated carbocycles. The van der Waals surface area contributed by atoms with Gasteiger partial charge in [0.2, 0.25) is 17.4 Å². The minimum atomic E-state index is -3.60. The summed E-state index contributed by atoms with van der Waals surface area (Å²) in [4.78, 5) is 0. The highest BCUT2D eigenvalue weighted by molar-refractivity contribution is 5.51. The Morgan fingerprint density at radius 2 is 1.38 bits per heavy atom. The second-order valence-corrected chi connectivity index (χ2v) is 2.58. The van der Waals surface area contributed by atoms with Gasteiger partial charge in [0.1, 0.15) is 0 Å². The van der Waals surface area contributed by atoms with Crippen molar-refractivity contribution >= 4 is 6.08 Å². The number of alkyl halides is 2. The van der Waals surface area contributed by atoms with Crippen LogP contribution in [0.4, 0.5) is 26.3 Å². The molecule has 0 radical (unpaired) electrons. The summed E-state index contributed by atoms with van der Waals surface area (Å²) in [5, 5.41) is 0. The molecule has 0 aliphatic rings. The molecule has 0 aliphatic heterocycles. The standard InChI is InChI=1S/C9H4F6O/c1-2-3-4(10)6(12)8(16-9(14)15)7(13)5(3)11/h2,9H,1H2. The lowest BCUT2D eigenvalue weighted by Crippen LogP contribution is -2.10. The predicted molar refractivity (Wildman–Crippen MR) is 43.0 cm³/mol. The second kappa shape index (κ2) is 4.46. The van der Waals surface area contributed by atoms with Crippen molar-refractivity contribution in [2.24, 2.45) is 0 Å². The molecule has 0 aliphatic carbocycles. The molecule has 1 aromatic carbocycles. The monoisotopic (exact) mass is 242 g/mol. The quantitative estimate of drug-likeness (QED) is 0.582. The van der Waals surface area contributed by atoms with Gasteiger partial charge in [-0.2, -0.15) is 17.6 Å². The van der Waals surface area contributed by atoms with Crippen LogP contribution in [0, 0.1) is 23.3 Å². The summed E-state index contributed by atoms with van der Waals surface area (Å²) in [6.07, 6.45) is 0.517. The van der Waals surface area contributed by atoms with E-state index in [1.165, 1.54) is 0 Å². The molecule has 88 valence electrons. The van der Waals surface area contributed by atoms with E-state index in [1.807, 2.05) is 0 Å². The van der Waals surface area contributed by atoms with Gasteiger partial charge in [0.15, 0.2) is 11.6 Å². The van der Waals surface area contributed by atoms with Crippen molar-refractivity contribution in [1.82, 2.24) is 0 Å². The largest absolute Gasteiger partial charge is 0.428 e. The van der Waals surface area contributed by atoms with Crippen molar-refractivity contribution in [2.75, 3.05) is 0 Å². The van der Waals surface area contributed by atoms with Crippen LogP contribution < -0.4 is 4.74 Å². The number of halogens is 6. The molecule has 0 unspecified atom stereocenters. The fourth-order valence-electron chi connectivity index (χ4n) is 1.00. The zero-order valence-electron chi connectivity index (χ0n) is 7.54. The molecule has 0 atom stereocenters. The van der Waals surface area contributed by atoms with E-state index in [1.54, 1.807) is 0 Å². The zero-order valence-corrected chi connectivity index (χ0v) is 7.54. The van der Waals surface area contributed by atoms with Crippen LogP contribution in [0.1, 0.15) is 5.56 Å². The van der Waals surface area contributed by atoms with Crippen LogP contribution in [-0.4, -0.2) is 6.61 Å². The Hall–Kier alpha value is -1.66. The highest BCUT2D eigenvalue weighted by Gasteiger charge is 2.26. The second-order valence-electron chi connectivity index (χ2n) is 2.58. The van der Waals surface area contributed by atoms with Crippen LogP contribution in [0.15, 0.2) is 6.58 Å². The molecule has 7 heteroatoms. The summed E-state index contributed by atoms with van der Waals surface area (Å²) in [5.41, 5.74) is -1.09. The molecule has 1 nitrogen and oxygen atoms in total. The van der Waals surface area contributed by atoms with E-state index < -0.39 is 41.2 Å². The Morgan fingerprint density at radius 1 is 0.938 bits per heavy atom. The number of hydrogen-bond acceptors (Lipinski definition) is 1. The van der Waals surface area contributed by atoms with Crippen LogP contribution in [0.25, 0.3) is 6.08 Å². The van der Waals surface area contributed by atoms with Crippen LogP contribution in [-0.2, 0) is 0 Å². The molecule has 0 spiro atoms. The first-order chi connectivity index (χ1) is 7.40. The lowest BCUT2D eigenvalue weighted by atomic mass is 10.1. The molecule has 0 saturated heterocycles. The smallest absolute Gasteiger partial charge is 0.387 e. The molecule has 0 heterocycles. The highest BCUT2D eigenvalue weighted by atomic mass is 19.3. The fourth-order valence-corrected chi connectivity index (χ4v) is 1.00. The maximum atomic E-state index is 13.0. The minimum Gasteiger partial charge on any atom is -0.428 e. The van der Waals surface area contributed by atoms with Gasteiger partial charge in [0.25, 0.3) is 0 Å². The summed E-state index contributed by atoms with van der Waals surface area (Å²) >= 11 is 0. The van der Waals surface area contributed by atoms with Crippen LogP contribution in [0.2, 0.25) is 0 Å². The van der Waals surface area contributed by atoms with Crippen LogP contribution in [0.3, 0.4) is 0 Å². The summed E-state index contributed by atoms with van der Waals surface area (Å²) in [5.74, 6) is -9.55. The van der Waals surface area contributed by atoms with E-state index in [9.17, 15) is 26.3 Å². The highest BCUT2D eigenvalue weighted by Crippen LogP contribution is 2.31. The molecule has 0 fully saturated rings. The average molecular weight is 242 g/mol. The van der Waals surface area contributed by atoms with E-state index in [-0.39, 0.29) is 0 Å². The van der Waals surface area contributed by atoms with E-state index in [4.69, 9.17) is 0 Å². The Labute approximate surface area is 85.9 Å². The van der Waals surface area contributed by atoms with Crippen molar-refractivity contribution in [3.8, 4) is 5.75 Å². The number of benzene rings is 1. The Bertz CT molecular complexity index is 399. The van der Waals surface area contributed by atoms with Crippen LogP contribution in [0.5, 0.6) is 5.75 Å². The van der Waals surface area contributed by atoms with Gasteiger partial charge in [-0.1, -0.05) is 12.7 Å². The van der Waals surface area contributed by atoms with Gasteiger partial charge in [-0.05, 0) is 0 Å². The topological polar surface area (TPSA) is 9.23 Å². The molecule has 0 amide bonds. The number of ether oxygens (including phenoxy) is 1. The normalized spacial score (nSPS) is 10.7. The molecule has 16 heavy (non-hydrogen) atoms. The minimum absolute atomic E-state index is 0.517. The molecule has 0 aromatic heterocycles. The summed E-state index contributed by atoms with van der Waals surface area (Å²) < 4.78 is 78.6. The Morgan fingerprint density at radius 3 is 1.69 bits per heavy atom. The van der Waals surface area contributed by atoms with Gasteiger partial charge in [-0.15, -0.1) is 0 Å². The van der Waals surface area contributed by atoms with E-state index >= 15 is 0 Å². The van der Waals surface area contributed by atoms with E-state index in [0.29, 0.717) is 6.08 Å². The maximum Gasteiger partial charge on any atom is 0.387 e. The first-order valence-corrected chi connectivity index (χ1v) is 3.83. The van der Waals surface area contributed by atoms with Crippen molar-refractivity contribution in [1.29, 1.82) is 0 Å². The SMILES string of the molecule is C=Cc1c(F)c(F)c(OC(F)F)c(F)c1F.